The zero-order valence-electron chi connectivity index (χ0n) is 12.0. The van der Waals surface area contributed by atoms with Gasteiger partial charge in [0.25, 0.3) is 0 Å². The van der Waals surface area contributed by atoms with Crippen LogP contribution in [-0.2, 0) is 11.2 Å². The first-order valence-electron chi connectivity index (χ1n) is 7.06. The van der Waals surface area contributed by atoms with Gasteiger partial charge in [0, 0.05) is 19.3 Å². The van der Waals surface area contributed by atoms with Gasteiger partial charge in [-0.25, -0.2) is 0 Å². The lowest BCUT2D eigenvalue weighted by Crippen LogP contribution is -2.29. The highest BCUT2D eigenvalue weighted by Gasteiger charge is 2.06. The van der Waals surface area contributed by atoms with Gasteiger partial charge in [0.05, 0.1) is 0 Å². The van der Waals surface area contributed by atoms with Crippen LogP contribution in [0.3, 0.4) is 0 Å². The second-order valence-electron chi connectivity index (χ2n) is 4.93. The van der Waals surface area contributed by atoms with Crippen LogP contribution in [0.15, 0.2) is 24.3 Å². The van der Waals surface area contributed by atoms with Crippen LogP contribution in [0.2, 0.25) is 0 Å². The van der Waals surface area contributed by atoms with Crippen molar-refractivity contribution in [3.63, 3.8) is 0 Å². The third-order valence-electron chi connectivity index (χ3n) is 3.26. The minimum Gasteiger partial charge on any atom is -0.381 e. The van der Waals surface area contributed by atoms with E-state index in [1.807, 2.05) is 7.05 Å². The molecular weight excluding hydrogens is 222 g/mol. The summed E-state index contributed by atoms with van der Waals surface area (Å²) in [4.78, 5) is 0. The van der Waals surface area contributed by atoms with Crippen LogP contribution in [0.1, 0.15) is 37.3 Å². The molecule has 1 aromatic carbocycles. The van der Waals surface area contributed by atoms with Gasteiger partial charge in [-0.2, -0.15) is 0 Å². The molecular formula is C16H27NO. The molecule has 0 aliphatic carbocycles. The van der Waals surface area contributed by atoms with E-state index in [-0.39, 0.29) is 0 Å². The van der Waals surface area contributed by atoms with Crippen LogP contribution in [0.4, 0.5) is 0 Å². The van der Waals surface area contributed by atoms with Gasteiger partial charge in [0.2, 0.25) is 0 Å². The maximum atomic E-state index is 5.62. The van der Waals surface area contributed by atoms with Gasteiger partial charge in [-0.3, -0.25) is 0 Å². The Hall–Kier alpha value is -0.860. The number of aryl methyl sites for hydroxylation is 1. The topological polar surface area (TPSA) is 21.3 Å². The molecule has 0 aliphatic rings. The molecule has 1 N–H and O–H groups in total. The van der Waals surface area contributed by atoms with Crippen LogP contribution in [-0.4, -0.2) is 26.3 Å². The third-order valence-corrected chi connectivity index (χ3v) is 3.26. The monoisotopic (exact) mass is 249 g/mol. The van der Waals surface area contributed by atoms with Crippen molar-refractivity contribution in [2.24, 2.45) is 0 Å². The first kappa shape index (κ1) is 15.2. The Morgan fingerprint density at radius 2 is 1.89 bits per heavy atom. The summed E-state index contributed by atoms with van der Waals surface area (Å²) in [7, 11) is 2.03. The quantitative estimate of drug-likeness (QED) is 0.678. The Balaban J connectivity index is 2.26. The zero-order chi connectivity index (χ0) is 13.2. The van der Waals surface area contributed by atoms with Crippen LogP contribution < -0.4 is 5.32 Å². The van der Waals surface area contributed by atoms with Gasteiger partial charge >= 0.3 is 0 Å². The van der Waals surface area contributed by atoms with E-state index in [1.54, 1.807) is 0 Å². The molecule has 2 nitrogen and oxygen atoms in total. The van der Waals surface area contributed by atoms with E-state index in [0.717, 1.165) is 26.1 Å². The lowest BCUT2D eigenvalue weighted by atomic mass is 10.0. The average molecular weight is 249 g/mol. The van der Waals surface area contributed by atoms with Crippen molar-refractivity contribution >= 4 is 0 Å². The van der Waals surface area contributed by atoms with Crippen molar-refractivity contribution in [3.8, 4) is 0 Å². The zero-order valence-corrected chi connectivity index (χ0v) is 12.0. The SMILES string of the molecule is CCCCOCCC(Cc1ccc(C)cc1)NC. The predicted molar refractivity (Wildman–Crippen MR) is 78.1 cm³/mol. The molecule has 0 fully saturated rings. The summed E-state index contributed by atoms with van der Waals surface area (Å²) in [5.41, 5.74) is 2.72. The lowest BCUT2D eigenvalue weighted by molar-refractivity contribution is 0.122. The fourth-order valence-electron chi connectivity index (χ4n) is 1.93. The number of nitrogens with one attached hydrogen (secondary N) is 1. The van der Waals surface area contributed by atoms with Crippen molar-refractivity contribution in [2.75, 3.05) is 20.3 Å². The molecule has 0 aliphatic heterocycles. The summed E-state index contributed by atoms with van der Waals surface area (Å²) in [5, 5.41) is 3.38. The van der Waals surface area contributed by atoms with Gasteiger partial charge in [-0.1, -0.05) is 43.2 Å². The number of hydrogen-bond acceptors (Lipinski definition) is 2. The van der Waals surface area contributed by atoms with Crippen molar-refractivity contribution < 1.29 is 4.74 Å². The Bertz CT molecular complexity index is 307. The van der Waals surface area contributed by atoms with E-state index in [1.165, 1.54) is 24.0 Å². The summed E-state index contributed by atoms with van der Waals surface area (Å²) in [6, 6.07) is 9.31. The Kier molecular flexibility index (Phi) is 7.70. The maximum absolute atomic E-state index is 5.62. The maximum Gasteiger partial charge on any atom is 0.0480 e. The first-order chi connectivity index (χ1) is 8.76. The van der Waals surface area contributed by atoms with Gasteiger partial charge in [0.15, 0.2) is 0 Å². The molecule has 1 atom stereocenters. The van der Waals surface area contributed by atoms with Crippen LogP contribution in [0, 0.1) is 6.92 Å². The van der Waals surface area contributed by atoms with Crippen LogP contribution >= 0.6 is 0 Å². The smallest absolute Gasteiger partial charge is 0.0480 e. The molecule has 0 radical (unpaired) electrons. The van der Waals surface area contributed by atoms with E-state index in [9.17, 15) is 0 Å². The van der Waals surface area contributed by atoms with E-state index in [4.69, 9.17) is 4.74 Å². The lowest BCUT2D eigenvalue weighted by Gasteiger charge is -2.16. The number of unbranched alkanes of at least 4 members (excludes halogenated alkanes) is 1. The van der Waals surface area contributed by atoms with Crippen molar-refractivity contribution in [2.45, 2.75) is 45.6 Å². The van der Waals surface area contributed by atoms with E-state index in [2.05, 4.69) is 43.4 Å². The summed E-state index contributed by atoms with van der Waals surface area (Å²) in [6.45, 7) is 6.08. The normalized spacial score (nSPS) is 12.6. The fourth-order valence-corrected chi connectivity index (χ4v) is 1.93. The molecule has 0 amide bonds. The Morgan fingerprint density at radius 3 is 2.50 bits per heavy atom. The van der Waals surface area contributed by atoms with Crippen LogP contribution in [0.25, 0.3) is 0 Å². The first-order valence-corrected chi connectivity index (χ1v) is 7.06. The average Bonchev–Trinajstić information content (AvgIpc) is 2.39. The molecule has 102 valence electrons. The summed E-state index contributed by atoms with van der Waals surface area (Å²) in [6.07, 6.45) is 4.53. The van der Waals surface area contributed by atoms with Crippen molar-refractivity contribution in [1.29, 1.82) is 0 Å². The highest BCUT2D eigenvalue weighted by atomic mass is 16.5. The third kappa shape index (κ3) is 6.18. The van der Waals surface area contributed by atoms with E-state index in [0.29, 0.717) is 6.04 Å². The Morgan fingerprint density at radius 1 is 1.17 bits per heavy atom. The molecule has 0 spiro atoms. The molecule has 0 aromatic heterocycles. The molecule has 0 saturated heterocycles. The number of likely N-dealkylation sites (N-methyl/N-ethyl adjacent to an activating group) is 1. The second kappa shape index (κ2) is 9.12. The van der Waals surface area contributed by atoms with Gasteiger partial charge in [0.1, 0.15) is 0 Å². The number of hydrogen-bond donors (Lipinski definition) is 1. The number of ether oxygens (including phenoxy) is 1. The van der Waals surface area contributed by atoms with Crippen molar-refractivity contribution in [3.05, 3.63) is 35.4 Å². The number of rotatable bonds is 9. The summed E-state index contributed by atoms with van der Waals surface area (Å²) in [5.74, 6) is 0. The highest BCUT2D eigenvalue weighted by Crippen LogP contribution is 2.08. The van der Waals surface area contributed by atoms with E-state index >= 15 is 0 Å². The molecule has 0 bridgehead atoms. The van der Waals surface area contributed by atoms with E-state index < -0.39 is 0 Å². The molecule has 0 saturated carbocycles. The van der Waals surface area contributed by atoms with Gasteiger partial charge in [-0.05, 0) is 38.8 Å². The standard InChI is InChI=1S/C16H27NO/c1-4-5-11-18-12-10-16(17-3)13-15-8-6-14(2)7-9-15/h6-9,16-17H,4-5,10-13H2,1-3H3. The highest BCUT2D eigenvalue weighted by molar-refractivity contribution is 5.22. The van der Waals surface area contributed by atoms with Gasteiger partial charge in [-0.15, -0.1) is 0 Å². The summed E-state index contributed by atoms with van der Waals surface area (Å²) < 4.78 is 5.62. The molecule has 18 heavy (non-hydrogen) atoms. The minimum absolute atomic E-state index is 0.509. The number of benzene rings is 1. The van der Waals surface area contributed by atoms with Gasteiger partial charge < -0.3 is 10.1 Å². The molecule has 1 rings (SSSR count). The molecule has 2 heteroatoms. The largest absolute Gasteiger partial charge is 0.381 e. The molecule has 0 heterocycles. The predicted octanol–water partition coefficient (Wildman–Crippen LogP) is 3.33. The fraction of sp³-hybridized carbons (Fsp3) is 0.625. The minimum atomic E-state index is 0.509. The molecule has 1 unspecified atom stereocenters. The second-order valence-corrected chi connectivity index (χ2v) is 4.93. The van der Waals surface area contributed by atoms with Crippen molar-refractivity contribution in [1.82, 2.24) is 5.32 Å². The summed E-state index contributed by atoms with van der Waals surface area (Å²) >= 11 is 0. The Labute approximate surface area is 112 Å². The van der Waals surface area contributed by atoms with Crippen LogP contribution in [0.5, 0.6) is 0 Å². The molecule has 1 aromatic rings.